The Morgan fingerprint density at radius 2 is 1.86 bits per heavy atom. The Labute approximate surface area is 129 Å². The van der Waals surface area contributed by atoms with Gasteiger partial charge in [0, 0.05) is 31.9 Å². The minimum atomic E-state index is -4.59. The molecule has 1 aliphatic heterocycles. The molecule has 1 aliphatic rings. The minimum Gasteiger partial charge on any atom is -0.342 e. The maximum Gasteiger partial charge on any atom is 0.417 e. The number of hydrogen-bond donors (Lipinski definition) is 1. The maximum atomic E-state index is 12.8. The third kappa shape index (κ3) is 3.82. The number of rotatable bonds is 2. The fraction of sp³-hybridized carbons (Fsp3) is 0.385. The van der Waals surface area contributed by atoms with Crippen molar-refractivity contribution in [3.05, 3.63) is 28.8 Å². The van der Waals surface area contributed by atoms with Crippen molar-refractivity contribution in [1.82, 2.24) is 9.80 Å². The van der Waals surface area contributed by atoms with Crippen LogP contribution in [-0.2, 0) is 11.0 Å². The van der Waals surface area contributed by atoms with Crippen molar-refractivity contribution in [1.29, 1.82) is 0 Å². The fourth-order valence-corrected chi connectivity index (χ4v) is 2.28. The molecule has 1 N–H and O–H groups in total. The van der Waals surface area contributed by atoms with Crippen LogP contribution in [0.15, 0.2) is 18.2 Å². The van der Waals surface area contributed by atoms with Crippen molar-refractivity contribution in [2.24, 2.45) is 0 Å². The highest BCUT2D eigenvalue weighted by Crippen LogP contribution is 2.36. The van der Waals surface area contributed by atoms with Gasteiger partial charge in [0.25, 0.3) is 0 Å². The summed E-state index contributed by atoms with van der Waals surface area (Å²) >= 11 is 5.52. The Hall–Kier alpha value is -1.96. The van der Waals surface area contributed by atoms with E-state index in [-0.39, 0.29) is 5.69 Å². The average molecular weight is 336 g/mol. The van der Waals surface area contributed by atoms with E-state index in [0.29, 0.717) is 32.6 Å². The van der Waals surface area contributed by atoms with Gasteiger partial charge >= 0.3 is 12.2 Å². The molecule has 0 aromatic heterocycles. The Kier molecular flexibility index (Phi) is 4.80. The van der Waals surface area contributed by atoms with Gasteiger partial charge in [0.2, 0.25) is 6.41 Å². The first kappa shape index (κ1) is 16.4. The number of halogens is 4. The van der Waals surface area contributed by atoms with E-state index in [1.54, 1.807) is 0 Å². The number of carbonyl (C=O) groups excluding carboxylic acids is 2. The molecule has 1 heterocycles. The summed E-state index contributed by atoms with van der Waals surface area (Å²) in [6.45, 7) is 1.44. The molecule has 2 rings (SSSR count). The zero-order valence-corrected chi connectivity index (χ0v) is 12.1. The summed E-state index contributed by atoms with van der Waals surface area (Å²) in [7, 11) is 0. The first-order chi connectivity index (χ1) is 10.3. The summed E-state index contributed by atoms with van der Waals surface area (Å²) in [4.78, 5) is 25.5. The molecule has 0 atom stereocenters. The molecular weight excluding hydrogens is 323 g/mol. The SMILES string of the molecule is O=CN1CCN(C(=O)Nc2ccc(Cl)c(C(F)(F)F)c2)CC1. The molecule has 9 heteroatoms. The number of carbonyl (C=O) groups is 2. The predicted molar refractivity (Wildman–Crippen MR) is 74.7 cm³/mol. The van der Waals surface area contributed by atoms with Crippen LogP contribution in [0.2, 0.25) is 5.02 Å². The Bertz CT molecular complexity index is 572. The fourth-order valence-electron chi connectivity index (χ4n) is 2.05. The van der Waals surface area contributed by atoms with Gasteiger partial charge in [0.1, 0.15) is 0 Å². The zero-order valence-electron chi connectivity index (χ0n) is 11.4. The molecule has 0 spiro atoms. The Balaban J connectivity index is 2.05. The molecule has 22 heavy (non-hydrogen) atoms. The van der Waals surface area contributed by atoms with Crippen molar-refractivity contribution >= 4 is 29.7 Å². The van der Waals surface area contributed by atoms with Crippen LogP contribution in [0.1, 0.15) is 5.56 Å². The zero-order chi connectivity index (χ0) is 16.3. The topological polar surface area (TPSA) is 52.7 Å². The molecule has 1 aromatic rings. The van der Waals surface area contributed by atoms with Crippen molar-refractivity contribution in [3.63, 3.8) is 0 Å². The quantitative estimate of drug-likeness (QED) is 0.845. The van der Waals surface area contributed by atoms with Crippen LogP contribution in [0.5, 0.6) is 0 Å². The van der Waals surface area contributed by atoms with E-state index in [0.717, 1.165) is 12.1 Å². The van der Waals surface area contributed by atoms with E-state index in [4.69, 9.17) is 11.6 Å². The number of urea groups is 1. The first-order valence-corrected chi connectivity index (χ1v) is 6.81. The van der Waals surface area contributed by atoms with Crippen LogP contribution in [-0.4, -0.2) is 48.4 Å². The lowest BCUT2D eigenvalue weighted by Gasteiger charge is -2.32. The molecular formula is C13H13ClF3N3O2. The average Bonchev–Trinajstić information content (AvgIpc) is 2.48. The molecule has 5 nitrogen and oxygen atoms in total. The van der Waals surface area contributed by atoms with Gasteiger partial charge < -0.3 is 15.1 Å². The van der Waals surface area contributed by atoms with E-state index < -0.39 is 22.8 Å². The van der Waals surface area contributed by atoms with Crippen molar-refractivity contribution in [3.8, 4) is 0 Å². The normalized spacial score (nSPS) is 15.6. The van der Waals surface area contributed by atoms with Crippen LogP contribution in [0.3, 0.4) is 0 Å². The summed E-state index contributed by atoms with van der Waals surface area (Å²) in [5.41, 5.74) is -0.989. The highest BCUT2D eigenvalue weighted by molar-refractivity contribution is 6.31. The highest BCUT2D eigenvalue weighted by Gasteiger charge is 2.33. The minimum absolute atomic E-state index is 0.0135. The molecule has 0 unspecified atom stereocenters. The molecule has 0 saturated carbocycles. The maximum absolute atomic E-state index is 12.8. The summed E-state index contributed by atoms with van der Waals surface area (Å²) < 4.78 is 38.3. The Morgan fingerprint density at radius 3 is 2.41 bits per heavy atom. The predicted octanol–water partition coefficient (Wildman–Crippen LogP) is 2.66. The number of nitrogens with zero attached hydrogens (tertiary/aromatic N) is 2. The molecule has 1 aromatic carbocycles. The monoisotopic (exact) mass is 335 g/mol. The molecule has 3 amide bonds. The van der Waals surface area contributed by atoms with E-state index >= 15 is 0 Å². The standard InChI is InChI=1S/C13H13ClF3N3O2/c14-11-2-1-9(7-10(11)13(15,16)17)18-12(22)20-5-3-19(8-21)4-6-20/h1-2,7-8H,3-6H2,(H,18,22). The van der Waals surface area contributed by atoms with Crippen LogP contribution in [0.25, 0.3) is 0 Å². The second-order valence-electron chi connectivity index (χ2n) is 4.75. The molecule has 0 radical (unpaired) electrons. The summed E-state index contributed by atoms with van der Waals surface area (Å²) in [6, 6.07) is 2.67. The second-order valence-corrected chi connectivity index (χ2v) is 5.16. The van der Waals surface area contributed by atoms with Gasteiger partial charge in [-0.3, -0.25) is 4.79 Å². The van der Waals surface area contributed by atoms with Gasteiger partial charge in [0.05, 0.1) is 10.6 Å². The van der Waals surface area contributed by atoms with Crippen LogP contribution >= 0.6 is 11.6 Å². The molecule has 0 bridgehead atoms. The van der Waals surface area contributed by atoms with E-state index in [1.807, 2.05) is 0 Å². The van der Waals surface area contributed by atoms with Crippen molar-refractivity contribution in [2.75, 3.05) is 31.5 Å². The smallest absolute Gasteiger partial charge is 0.342 e. The number of alkyl halides is 3. The van der Waals surface area contributed by atoms with E-state index in [9.17, 15) is 22.8 Å². The number of piperazine rings is 1. The number of anilines is 1. The summed E-state index contributed by atoms with van der Waals surface area (Å²) in [5, 5.41) is 1.98. The molecule has 120 valence electrons. The van der Waals surface area contributed by atoms with Gasteiger partial charge in [-0.1, -0.05) is 11.6 Å². The van der Waals surface area contributed by atoms with E-state index in [1.165, 1.54) is 15.9 Å². The lowest BCUT2D eigenvalue weighted by Crippen LogP contribution is -2.49. The van der Waals surface area contributed by atoms with Crippen LogP contribution in [0, 0.1) is 0 Å². The van der Waals surface area contributed by atoms with Crippen molar-refractivity contribution < 1.29 is 22.8 Å². The number of benzene rings is 1. The van der Waals surface area contributed by atoms with Gasteiger partial charge in [-0.05, 0) is 18.2 Å². The lowest BCUT2D eigenvalue weighted by atomic mass is 10.2. The first-order valence-electron chi connectivity index (χ1n) is 6.43. The number of amides is 3. The molecule has 1 fully saturated rings. The van der Waals surface area contributed by atoms with Crippen molar-refractivity contribution in [2.45, 2.75) is 6.18 Å². The van der Waals surface area contributed by atoms with Gasteiger partial charge in [-0.15, -0.1) is 0 Å². The van der Waals surface area contributed by atoms with Crippen LogP contribution in [0.4, 0.5) is 23.7 Å². The third-order valence-corrected chi connectivity index (χ3v) is 3.60. The largest absolute Gasteiger partial charge is 0.417 e. The molecule has 0 aliphatic carbocycles. The number of hydrogen-bond acceptors (Lipinski definition) is 2. The van der Waals surface area contributed by atoms with Gasteiger partial charge in [0.15, 0.2) is 0 Å². The highest BCUT2D eigenvalue weighted by atomic mass is 35.5. The molecule has 1 saturated heterocycles. The number of nitrogens with one attached hydrogen (secondary N) is 1. The summed E-state index contributed by atoms with van der Waals surface area (Å²) in [6.07, 6.45) is -3.89. The Morgan fingerprint density at radius 1 is 1.23 bits per heavy atom. The lowest BCUT2D eigenvalue weighted by molar-refractivity contribution is -0.137. The van der Waals surface area contributed by atoms with Gasteiger partial charge in [-0.2, -0.15) is 13.2 Å². The van der Waals surface area contributed by atoms with Gasteiger partial charge in [-0.25, -0.2) is 4.79 Å². The summed E-state index contributed by atoms with van der Waals surface area (Å²) in [5.74, 6) is 0. The third-order valence-electron chi connectivity index (χ3n) is 3.27. The van der Waals surface area contributed by atoms with E-state index in [2.05, 4.69) is 5.32 Å². The van der Waals surface area contributed by atoms with Crippen LogP contribution < -0.4 is 5.32 Å². The second kappa shape index (κ2) is 6.43.